The summed E-state index contributed by atoms with van der Waals surface area (Å²) >= 11 is 0. The molecule has 0 aromatic carbocycles. The Morgan fingerprint density at radius 2 is 1.55 bits per heavy atom. The first kappa shape index (κ1) is 16.3. The molecule has 0 unspecified atom stereocenters. The maximum atomic E-state index is 3.86. The van der Waals surface area contributed by atoms with Crippen molar-refractivity contribution in [1.29, 1.82) is 0 Å². The van der Waals surface area contributed by atoms with Gasteiger partial charge in [-0.15, -0.1) is 0 Å². The van der Waals surface area contributed by atoms with Gasteiger partial charge in [0.15, 0.2) is 0 Å². The molecule has 1 nitrogen and oxygen atoms in total. The van der Waals surface area contributed by atoms with E-state index in [1.165, 1.54) is 77.2 Å². The van der Waals surface area contributed by atoms with Crippen molar-refractivity contribution in [3.63, 3.8) is 0 Å². The summed E-state index contributed by atoms with van der Waals surface area (Å²) in [4.78, 5) is 0. The lowest BCUT2D eigenvalue weighted by atomic mass is 9.69. The van der Waals surface area contributed by atoms with Crippen LogP contribution < -0.4 is 5.32 Å². The molecule has 0 spiro atoms. The molecule has 0 aromatic heterocycles. The molecule has 118 valence electrons. The highest BCUT2D eigenvalue weighted by Gasteiger charge is 2.31. The van der Waals surface area contributed by atoms with E-state index in [-0.39, 0.29) is 0 Å². The van der Waals surface area contributed by atoms with Crippen molar-refractivity contribution < 1.29 is 0 Å². The van der Waals surface area contributed by atoms with E-state index in [1.54, 1.807) is 0 Å². The largest absolute Gasteiger partial charge is 0.314 e. The zero-order valence-corrected chi connectivity index (χ0v) is 14.2. The monoisotopic (exact) mass is 279 g/mol. The van der Waals surface area contributed by atoms with Crippen LogP contribution in [-0.2, 0) is 0 Å². The average Bonchev–Trinajstić information content (AvgIpc) is 2.49. The summed E-state index contributed by atoms with van der Waals surface area (Å²) in [5.74, 6) is 2.00. The fraction of sp³-hybridized carbons (Fsp3) is 1.00. The second-order valence-corrected chi connectivity index (χ2v) is 8.14. The standard InChI is InChI=1S/C19H37N/c1-4-19(2,3)17-10-12-18(13-11-17)20-15-14-16-8-6-5-7-9-16/h16-18,20H,4-15H2,1-3H3. The molecule has 2 saturated carbocycles. The third kappa shape index (κ3) is 4.76. The summed E-state index contributed by atoms with van der Waals surface area (Å²) in [6.07, 6.45) is 15.9. The summed E-state index contributed by atoms with van der Waals surface area (Å²) in [7, 11) is 0. The molecular formula is C19H37N. The van der Waals surface area contributed by atoms with Gasteiger partial charge in [0.1, 0.15) is 0 Å². The Hall–Kier alpha value is -0.0400. The quantitative estimate of drug-likeness (QED) is 0.673. The molecule has 1 heteroatoms. The summed E-state index contributed by atoms with van der Waals surface area (Å²) < 4.78 is 0. The van der Waals surface area contributed by atoms with Gasteiger partial charge in [0.25, 0.3) is 0 Å². The number of hydrogen-bond donors (Lipinski definition) is 1. The van der Waals surface area contributed by atoms with Crippen molar-refractivity contribution in [1.82, 2.24) is 5.32 Å². The highest BCUT2D eigenvalue weighted by atomic mass is 14.9. The lowest BCUT2D eigenvalue weighted by molar-refractivity contribution is 0.136. The van der Waals surface area contributed by atoms with Gasteiger partial charge >= 0.3 is 0 Å². The van der Waals surface area contributed by atoms with E-state index < -0.39 is 0 Å². The van der Waals surface area contributed by atoms with E-state index in [2.05, 4.69) is 26.1 Å². The third-order valence-corrected chi connectivity index (χ3v) is 6.45. The molecule has 0 bridgehead atoms. The summed E-state index contributed by atoms with van der Waals surface area (Å²) in [6, 6.07) is 0.822. The Labute approximate surface area is 127 Å². The van der Waals surface area contributed by atoms with Crippen molar-refractivity contribution in [2.24, 2.45) is 17.3 Å². The molecule has 2 aliphatic carbocycles. The number of nitrogens with one attached hydrogen (secondary N) is 1. The van der Waals surface area contributed by atoms with Crippen LogP contribution in [0.4, 0.5) is 0 Å². The van der Waals surface area contributed by atoms with Crippen LogP contribution >= 0.6 is 0 Å². The van der Waals surface area contributed by atoms with Crippen molar-refractivity contribution >= 4 is 0 Å². The van der Waals surface area contributed by atoms with Crippen LogP contribution in [0.1, 0.15) is 91.4 Å². The SMILES string of the molecule is CCC(C)(C)C1CCC(NCCC2CCCCC2)CC1. The molecule has 0 saturated heterocycles. The van der Waals surface area contributed by atoms with Gasteiger partial charge in [-0.1, -0.05) is 59.3 Å². The Bertz CT molecular complexity index is 257. The molecule has 1 N–H and O–H groups in total. The van der Waals surface area contributed by atoms with Crippen LogP contribution in [0, 0.1) is 17.3 Å². The molecule has 2 aliphatic rings. The molecule has 0 amide bonds. The maximum Gasteiger partial charge on any atom is 0.00672 e. The first-order valence-electron chi connectivity index (χ1n) is 9.35. The molecule has 0 aliphatic heterocycles. The highest BCUT2D eigenvalue weighted by Crippen LogP contribution is 2.40. The van der Waals surface area contributed by atoms with Gasteiger partial charge in [0, 0.05) is 6.04 Å². The molecule has 0 aromatic rings. The zero-order chi connectivity index (χ0) is 14.4. The second kappa shape index (κ2) is 7.82. The van der Waals surface area contributed by atoms with Crippen molar-refractivity contribution in [2.45, 2.75) is 97.4 Å². The van der Waals surface area contributed by atoms with Crippen LogP contribution in [0.15, 0.2) is 0 Å². The van der Waals surface area contributed by atoms with E-state index in [0.29, 0.717) is 5.41 Å². The van der Waals surface area contributed by atoms with E-state index in [0.717, 1.165) is 17.9 Å². The lowest BCUT2D eigenvalue weighted by Gasteiger charge is -2.39. The maximum absolute atomic E-state index is 3.86. The van der Waals surface area contributed by atoms with Gasteiger partial charge in [-0.3, -0.25) is 0 Å². The Morgan fingerprint density at radius 1 is 0.900 bits per heavy atom. The smallest absolute Gasteiger partial charge is 0.00672 e. The van der Waals surface area contributed by atoms with Gasteiger partial charge < -0.3 is 5.32 Å². The Kier molecular flexibility index (Phi) is 6.39. The van der Waals surface area contributed by atoms with Gasteiger partial charge in [0.05, 0.1) is 0 Å². The molecule has 0 radical (unpaired) electrons. The van der Waals surface area contributed by atoms with E-state index >= 15 is 0 Å². The van der Waals surface area contributed by atoms with Crippen LogP contribution in [-0.4, -0.2) is 12.6 Å². The van der Waals surface area contributed by atoms with Gasteiger partial charge in [-0.05, 0) is 55.9 Å². The van der Waals surface area contributed by atoms with E-state index in [4.69, 9.17) is 0 Å². The Morgan fingerprint density at radius 3 is 2.15 bits per heavy atom. The molecular weight excluding hydrogens is 242 g/mol. The first-order valence-corrected chi connectivity index (χ1v) is 9.35. The minimum Gasteiger partial charge on any atom is -0.314 e. The minimum atomic E-state index is 0.563. The van der Waals surface area contributed by atoms with E-state index in [1.807, 2.05) is 0 Å². The van der Waals surface area contributed by atoms with Crippen LogP contribution in [0.2, 0.25) is 0 Å². The fourth-order valence-corrected chi connectivity index (χ4v) is 4.34. The van der Waals surface area contributed by atoms with Gasteiger partial charge in [0.2, 0.25) is 0 Å². The lowest BCUT2D eigenvalue weighted by Crippen LogP contribution is -2.37. The third-order valence-electron chi connectivity index (χ3n) is 6.45. The summed E-state index contributed by atoms with van der Waals surface area (Å²) in [5.41, 5.74) is 0.563. The minimum absolute atomic E-state index is 0.563. The Balaban J connectivity index is 1.60. The number of rotatable bonds is 6. The van der Waals surface area contributed by atoms with E-state index in [9.17, 15) is 0 Å². The van der Waals surface area contributed by atoms with Crippen molar-refractivity contribution in [3.8, 4) is 0 Å². The van der Waals surface area contributed by atoms with Gasteiger partial charge in [-0.2, -0.15) is 0 Å². The van der Waals surface area contributed by atoms with Crippen LogP contribution in [0.5, 0.6) is 0 Å². The molecule has 20 heavy (non-hydrogen) atoms. The average molecular weight is 280 g/mol. The summed E-state index contributed by atoms with van der Waals surface area (Å²) in [6.45, 7) is 8.56. The second-order valence-electron chi connectivity index (χ2n) is 8.14. The predicted molar refractivity (Wildman–Crippen MR) is 89.0 cm³/mol. The van der Waals surface area contributed by atoms with Crippen molar-refractivity contribution in [3.05, 3.63) is 0 Å². The normalized spacial score (nSPS) is 29.6. The predicted octanol–water partition coefficient (Wildman–Crippen LogP) is 5.54. The van der Waals surface area contributed by atoms with Crippen LogP contribution in [0.3, 0.4) is 0 Å². The van der Waals surface area contributed by atoms with Crippen molar-refractivity contribution in [2.75, 3.05) is 6.54 Å². The topological polar surface area (TPSA) is 12.0 Å². The highest BCUT2D eigenvalue weighted by molar-refractivity contribution is 4.85. The fourth-order valence-electron chi connectivity index (χ4n) is 4.34. The van der Waals surface area contributed by atoms with Gasteiger partial charge in [-0.25, -0.2) is 0 Å². The summed E-state index contributed by atoms with van der Waals surface area (Å²) in [5, 5.41) is 3.86. The molecule has 0 heterocycles. The zero-order valence-electron chi connectivity index (χ0n) is 14.2. The molecule has 2 fully saturated rings. The number of hydrogen-bond acceptors (Lipinski definition) is 1. The molecule has 2 rings (SSSR count). The van der Waals surface area contributed by atoms with Crippen LogP contribution in [0.25, 0.3) is 0 Å². The molecule has 0 atom stereocenters. The first-order chi connectivity index (χ1) is 9.62.